The van der Waals surface area contributed by atoms with Crippen LogP contribution in [0.3, 0.4) is 0 Å². The SMILES string of the molecule is COC(=O)CCCCC/C=C/C(C)C. The van der Waals surface area contributed by atoms with Crippen molar-refractivity contribution in [2.24, 2.45) is 5.92 Å². The van der Waals surface area contributed by atoms with Crippen molar-refractivity contribution in [3.05, 3.63) is 12.2 Å². The maximum absolute atomic E-state index is 10.8. The zero-order valence-electron chi connectivity index (χ0n) is 9.58. The fraction of sp³-hybridized carbons (Fsp3) is 0.750. The first-order chi connectivity index (χ1) is 6.66. The van der Waals surface area contributed by atoms with Crippen LogP contribution >= 0.6 is 0 Å². The molecule has 2 nitrogen and oxygen atoms in total. The van der Waals surface area contributed by atoms with Crippen LogP contribution in [0.1, 0.15) is 46.0 Å². The molecule has 2 heteroatoms. The fourth-order valence-electron chi connectivity index (χ4n) is 1.18. The average molecular weight is 198 g/mol. The Morgan fingerprint density at radius 3 is 2.57 bits per heavy atom. The zero-order valence-corrected chi connectivity index (χ0v) is 9.58. The standard InChI is InChI=1S/C12H22O2/c1-11(2)9-7-5-4-6-8-10-12(13)14-3/h7,9,11H,4-6,8,10H2,1-3H3/b9-7+. The summed E-state index contributed by atoms with van der Waals surface area (Å²) < 4.78 is 4.56. The second kappa shape index (κ2) is 8.79. The van der Waals surface area contributed by atoms with E-state index in [1.165, 1.54) is 13.5 Å². The van der Waals surface area contributed by atoms with Crippen molar-refractivity contribution in [1.82, 2.24) is 0 Å². The molecule has 0 aromatic carbocycles. The van der Waals surface area contributed by atoms with Gasteiger partial charge in [-0.25, -0.2) is 0 Å². The molecule has 0 saturated carbocycles. The highest BCUT2D eigenvalue weighted by molar-refractivity contribution is 5.68. The third-order valence-electron chi connectivity index (χ3n) is 2.00. The van der Waals surface area contributed by atoms with Gasteiger partial charge in [0.15, 0.2) is 0 Å². The van der Waals surface area contributed by atoms with Gasteiger partial charge >= 0.3 is 5.97 Å². The van der Waals surface area contributed by atoms with E-state index >= 15 is 0 Å². The highest BCUT2D eigenvalue weighted by Gasteiger charge is 1.97. The smallest absolute Gasteiger partial charge is 0.305 e. The first kappa shape index (κ1) is 13.2. The van der Waals surface area contributed by atoms with Gasteiger partial charge in [0.05, 0.1) is 7.11 Å². The van der Waals surface area contributed by atoms with Gasteiger partial charge in [-0.1, -0.05) is 32.4 Å². The maximum Gasteiger partial charge on any atom is 0.305 e. The minimum absolute atomic E-state index is 0.0947. The van der Waals surface area contributed by atoms with Gasteiger partial charge in [-0.3, -0.25) is 4.79 Å². The van der Waals surface area contributed by atoms with E-state index in [9.17, 15) is 4.79 Å². The van der Waals surface area contributed by atoms with Gasteiger partial charge in [-0.05, 0) is 25.2 Å². The quantitative estimate of drug-likeness (QED) is 0.356. The lowest BCUT2D eigenvalue weighted by molar-refractivity contribution is -0.140. The second-order valence-corrected chi connectivity index (χ2v) is 3.85. The number of unbranched alkanes of at least 4 members (excludes halogenated alkanes) is 3. The van der Waals surface area contributed by atoms with Crippen LogP contribution in [0.25, 0.3) is 0 Å². The number of hydrogen-bond donors (Lipinski definition) is 0. The first-order valence-electron chi connectivity index (χ1n) is 5.40. The molecule has 82 valence electrons. The van der Waals surface area contributed by atoms with Crippen LogP contribution in [0.15, 0.2) is 12.2 Å². The van der Waals surface area contributed by atoms with Crippen molar-refractivity contribution in [2.75, 3.05) is 7.11 Å². The average Bonchev–Trinajstić information content (AvgIpc) is 2.15. The Kier molecular flexibility index (Phi) is 8.30. The van der Waals surface area contributed by atoms with Crippen molar-refractivity contribution in [2.45, 2.75) is 46.0 Å². The third kappa shape index (κ3) is 9.30. The molecule has 0 saturated heterocycles. The lowest BCUT2D eigenvalue weighted by Gasteiger charge is -1.98. The Hall–Kier alpha value is -0.790. The normalized spacial score (nSPS) is 11.1. The van der Waals surface area contributed by atoms with E-state index in [0.717, 1.165) is 19.3 Å². The molecule has 0 aliphatic heterocycles. The van der Waals surface area contributed by atoms with Crippen LogP contribution in [0.5, 0.6) is 0 Å². The van der Waals surface area contributed by atoms with Crippen molar-refractivity contribution < 1.29 is 9.53 Å². The lowest BCUT2D eigenvalue weighted by Crippen LogP contribution is -1.98. The molecule has 0 fully saturated rings. The van der Waals surface area contributed by atoms with Gasteiger partial charge in [0.2, 0.25) is 0 Å². The molecule has 0 aliphatic rings. The largest absolute Gasteiger partial charge is 0.469 e. The molecule has 0 aromatic rings. The minimum atomic E-state index is -0.0947. The summed E-state index contributed by atoms with van der Waals surface area (Å²) in [6.45, 7) is 4.35. The molecule has 0 aromatic heterocycles. The van der Waals surface area contributed by atoms with Crippen LogP contribution in [0.2, 0.25) is 0 Å². The van der Waals surface area contributed by atoms with E-state index in [1.807, 2.05) is 0 Å². The summed E-state index contributed by atoms with van der Waals surface area (Å²) in [5.41, 5.74) is 0. The van der Waals surface area contributed by atoms with E-state index < -0.39 is 0 Å². The highest BCUT2D eigenvalue weighted by Crippen LogP contribution is 2.05. The van der Waals surface area contributed by atoms with Crippen LogP contribution < -0.4 is 0 Å². The minimum Gasteiger partial charge on any atom is -0.469 e. The zero-order chi connectivity index (χ0) is 10.8. The number of allylic oxidation sites excluding steroid dienone is 2. The van der Waals surface area contributed by atoms with Gasteiger partial charge in [0, 0.05) is 6.42 Å². The third-order valence-corrected chi connectivity index (χ3v) is 2.00. The Balaban J connectivity index is 3.18. The van der Waals surface area contributed by atoms with E-state index in [4.69, 9.17) is 0 Å². The van der Waals surface area contributed by atoms with Crippen LogP contribution in [0.4, 0.5) is 0 Å². The van der Waals surface area contributed by atoms with Gasteiger partial charge in [-0.2, -0.15) is 0 Å². The number of hydrogen-bond acceptors (Lipinski definition) is 2. The van der Waals surface area contributed by atoms with Crippen molar-refractivity contribution in [3.8, 4) is 0 Å². The number of esters is 1. The van der Waals surface area contributed by atoms with E-state index in [-0.39, 0.29) is 5.97 Å². The van der Waals surface area contributed by atoms with E-state index in [2.05, 4.69) is 30.7 Å². The van der Waals surface area contributed by atoms with E-state index in [1.54, 1.807) is 0 Å². The summed E-state index contributed by atoms with van der Waals surface area (Å²) in [5, 5.41) is 0. The molecule has 0 unspecified atom stereocenters. The summed E-state index contributed by atoms with van der Waals surface area (Å²) in [7, 11) is 1.44. The molecule has 0 aliphatic carbocycles. The second-order valence-electron chi connectivity index (χ2n) is 3.85. The lowest BCUT2D eigenvalue weighted by atomic mass is 10.1. The summed E-state index contributed by atoms with van der Waals surface area (Å²) in [5.74, 6) is 0.549. The topological polar surface area (TPSA) is 26.3 Å². The van der Waals surface area contributed by atoms with Crippen LogP contribution in [-0.2, 0) is 9.53 Å². The number of carbonyl (C=O) groups excluding carboxylic acids is 1. The molecule has 0 rings (SSSR count). The molecule has 0 heterocycles. The number of ether oxygens (including phenoxy) is 1. The number of methoxy groups -OCH3 is 1. The van der Waals surface area contributed by atoms with Gasteiger partial charge in [0.1, 0.15) is 0 Å². The molecule has 0 radical (unpaired) electrons. The molecule has 0 spiro atoms. The van der Waals surface area contributed by atoms with E-state index in [0.29, 0.717) is 12.3 Å². The highest BCUT2D eigenvalue weighted by atomic mass is 16.5. The number of carbonyl (C=O) groups is 1. The Labute approximate surface area is 87.3 Å². The van der Waals surface area contributed by atoms with Crippen molar-refractivity contribution >= 4 is 5.97 Å². The molecule has 14 heavy (non-hydrogen) atoms. The summed E-state index contributed by atoms with van der Waals surface area (Å²) >= 11 is 0. The Morgan fingerprint density at radius 2 is 2.00 bits per heavy atom. The van der Waals surface area contributed by atoms with Gasteiger partial charge in [0.25, 0.3) is 0 Å². The van der Waals surface area contributed by atoms with Gasteiger partial charge in [-0.15, -0.1) is 0 Å². The fourth-order valence-corrected chi connectivity index (χ4v) is 1.18. The maximum atomic E-state index is 10.8. The molecular weight excluding hydrogens is 176 g/mol. The predicted molar refractivity (Wildman–Crippen MR) is 59.1 cm³/mol. The summed E-state index contributed by atoms with van der Waals surface area (Å²) in [6, 6.07) is 0. The molecule has 0 amide bonds. The monoisotopic (exact) mass is 198 g/mol. The summed E-state index contributed by atoms with van der Waals surface area (Å²) in [4.78, 5) is 10.8. The molecule has 0 atom stereocenters. The number of rotatable bonds is 7. The molecular formula is C12H22O2. The van der Waals surface area contributed by atoms with Crippen molar-refractivity contribution in [1.29, 1.82) is 0 Å². The van der Waals surface area contributed by atoms with Crippen molar-refractivity contribution in [3.63, 3.8) is 0 Å². The Bertz CT molecular complexity index is 171. The summed E-state index contributed by atoms with van der Waals surface area (Å²) in [6.07, 6.45) is 9.35. The Morgan fingerprint density at radius 1 is 1.29 bits per heavy atom. The molecule has 0 N–H and O–H groups in total. The first-order valence-corrected chi connectivity index (χ1v) is 5.40. The van der Waals surface area contributed by atoms with Crippen LogP contribution in [0, 0.1) is 5.92 Å². The van der Waals surface area contributed by atoms with Gasteiger partial charge < -0.3 is 4.74 Å². The predicted octanol–water partition coefficient (Wildman–Crippen LogP) is 3.32. The molecule has 0 bridgehead atoms. The van der Waals surface area contributed by atoms with Crippen LogP contribution in [-0.4, -0.2) is 13.1 Å².